The molecule has 0 spiro atoms. The molecule has 0 amide bonds. The molecule has 1 aromatic heterocycles. The van der Waals surface area contributed by atoms with Crippen LogP contribution in [-0.2, 0) is 0 Å². The molecule has 0 bridgehead atoms. The van der Waals surface area contributed by atoms with Crippen molar-refractivity contribution >= 4 is 22.4 Å². The monoisotopic (exact) mass is 307 g/mol. The van der Waals surface area contributed by atoms with Crippen LogP contribution < -0.4 is 10.1 Å². The molecule has 0 radical (unpaired) electrons. The molecule has 23 heavy (non-hydrogen) atoms. The summed E-state index contributed by atoms with van der Waals surface area (Å²) < 4.78 is 5.65. The Kier molecular flexibility index (Phi) is 3.08. The molecule has 1 aliphatic rings. The van der Waals surface area contributed by atoms with Gasteiger partial charge in [0.2, 0.25) is 0 Å². The molecule has 1 atom stereocenters. The van der Waals surface area contributed by atoms with Crippen LogP contribution in [0, 0.1) is 10.1 Å². The Balaban J connectivity index is 1.63. The van der Waals surface area contributed by atoms with Crippen molar-refractivity contribution in [3.8, 4) is 5.75 Å². The van der Waals surface area contributed by atoms with Gasteiger partial charge in [-0.15, -0.1) is 0 Å². The zero-order chi connectivity index (χ0) is 15.8. The smallest absolute Gasteiger partial charge is 0.270 e. The number of non-ortho nitro benzene ring substituents is 1. The zero-order valence-corrected chi connectivity index (χ0v) is 12.1. The van der Waals surface area contributed by atoms with Crippen LogP contribution in [0.3, 0.4) is 0 Å². The van der Waals surface area contributed by atoms with Crippen LogP contribution in [0.5, 0.6) is 5.75 Å². The van der Waals surface area contributed by atoms with Gasteiger partial charge in [-0.3, -0.25) is 10.1 Å². The van der Waals surface area contributed by atoms with Crippen molar-refractivity contribution in [2.75, 3.05) is 11.9 Å². The molecule has 0 saturated carbocycles. The summed E-state index contributed by atoms with van der Waals surface area (Å²) in [7, 11) is 0. The number of fused-ring (bicyclic) bond motifs is 2. The van der Waals surface area contributed by atoms with Gasteiger partial charge in [0, 0.05) is 23.1 Å². The van der Waals surface area contributed by atoms with E-state index in [0.717, 1.165) is 22.5 Å². The van der Waals surface area contributed by atoms with E-state index in [1.807, 2.05) is 36.4 Å². The number of pyridine rings is 1. The maximum absolute atomic E-state index is 10.8. The van der Waals surface area contributed by atoms with Crippen LogP contribution in [-0.4, -0.2) is 16.5 Å². The number of nitro groups is 1. The number of nitrogens with one attached hydrogen (secondary N) is 1. The van der Waals surface area contributed by atoms with Gasteiger partial charge in [0.1, 0.15) is 18.2 Å². The quantitative estimate of drug-likeness (QED) is 0.590. The van der Waals surface area contributed by atoms with Crippen molar-refractivity contribution in [3.05, 3.63) is 70.3 Å². The highest BCUT2D eigenvalue weighted by molar-refractivity contribution is 5.82. The number of anilines is 1. The van der Waals surface area contributed by atoms with E-state index in [2.05, 4.69) is 10.3 Å². The molecule has 114 valence electrons. The Morgan fingerprint density at radius 3 is 2.91 bits per heavy atom. The Morgan fingerprint density at radius 2 is 2.04 bits per heavy atom. The minimum atomic E-state index is -0.404. The Bertz CT molecular complexity index is 910. The molecule has 0 saturated heterocycles. The molecule has 2 aromatic carbocycles. The second-order valence-electron chi connectivity index (χ2n) is 5.38. The third kappa shape index (κ3) is 2.44. The second kappa shape index (κ2) is 5.24. The third-order valence-electron chi connectivity index (χ3n) is 3.91. The largest absolute Gasteiger partial charge is 0.491 e. The summed E-state index contributed by atoms with van der Waals surface area (Å²) in [6, 6.07) is 16.3. The highest BCUT2D eigenvalue weighted by Crippen LogP contribution is 2.34. The van der Waals surface area contributed by atoms with Gasteiger partial charge in [0.25, 0.3) is 5.69 Å². The first kappa shape index (κ1) is 13.5. The summed E-state index contributed by atoms with van der Waals surface area (Å²) in [4.78, 5) is 14.9. The number of para-hydroxylation sites is 1. The highest BCUT2D eigenvalue weighted by atomic mass is 16.6. The Morgan fingerprint density at radius 1 is 1.17 bits per heavy atom. The number of nitro benzene ring substituents is 1. The van der Waals surface area contributed by atoms with Crippen molar-refractivity contribution < 1.29 is 9.66 Å². The predicted octanol–water partition coefficient (Wildman–Crippen LogP) is 3.69. The Hall–Kier alpha value is -3.15. The summed E-state index contributed by atoms with van der Waals surface area (Å²) in [5.74, 6) is 1.61. The van der Waals surface area contributed by atoms with Crippen molar-refractivity contribution in [3.63, 3.8) is 0 Å². The molecule has 3 aromatic rings. The average molecular weight is 307 g/mol. The van der Waals surface area contributed by atoms with E-state index in [4.69, 9.17) is 4.74 Å². The lowest BCUT2D eigenvalue weighted by Gasteiger charge is -2.12. The summed E-state index contributed by atoms with van der Waals surface area (Å²) in [5, 5.41) is 14.9. The molecule has 2 heterocycles. The van der Waals surface area contributed by atoms with Gasteiger partial charge in [0.15, 0.2) is 0 Å². The van der Waals surface area contributed by atoms with Crippen molar-refractivity contribution in [2.45, 2.75) is 6.04 Å². The summed E-state index contributed by atoms with van der Waals surface area (Å²) >= 11 is 0. The molecule has 6 heteroatoms. The van der Waals surface area contributed by atoms with Crippen molar-refractivity contribution in [1.82, 2.24) is 4.98 Å². The molecular formula is C17H13N3O3. The van der Waals surface area contributed by atoms with Gasteiger partial charge in [0.05, 0.1) is 16.5 Å². The number of nitrogens with zero attached hydrogens (tertiary/aromatic N) is 2. The Labute approximate surface area is 131 Å². The van der Waals surface area contributed by atoms with Crippen LogP contribution in [0.25, 0.3) is 10.9 Å². The fourth-order valence-electron chi connectivity index (χ4n) is 2.77. The highest BCUT2D eigenvalue weighted by Gasteiger charge is 2.23. The molecule has 0 fully saturated rings. The van der Waals surface area contributed by atoms with Crippen LogP contribution >= 0.6 is 0 Å². The molecule has 4 rings (SSSR count). The summed E-state index contributed by atoms with van der Waals surface area (Å²) in [6.07, 6.45) is 0. The first-order valence-corrected chi connectivity index (χ1v) is 7.24. The van der Waals surface area contributed by atoms with Gasteiger partial charge >= 0.3 is 0 Å². The number of benzene rings is 2. The lowest BCUT2D eigenvalue weighted by molar-refractivity contribution is -0.384. The van der Waals surface area contributed by atoms with Gasteiger partial charge in [-0.2, -0.15) is 0 Å². The van der Waals surface area contributed by atoms with Gasteiger partial charge in [-0.05, 0) is 24.3 Å². The SMILES string of the molecule is O=[N+]([O-])c1ccc2nc(NC3COc4ccccc43)ccc2c1. The van der Waals surface area contributed by atoms with E-state index in [1.165, 1.54) is 12.1 Å². The molecule has 6 nitrogen and oxygen atoms in total. The normalized spacial score (nSPS) is 15.9. The van der Waals surface area contributed by atoms with E-state index in [-0.39, 0.29) is 11.7 Å². The number of hydrogen-bond donors (Lipinski definition) is 1. The average Bonchev–Trinajstić information content (AvgIpc) is 2.97. The lowest BCUT2D eigenvalue weighted by atomic mass is 10.1. The summed E-state index contributed by atoms with van der Waals surface area (Å²) in [6.45, 7) is 0.555. The van der Waals surface area contributed by atoms with Crippen molar-refractivity contribution in [1.29, 1.82) is 0 Å². The lowest BCUT2D eigenvalue weighted by Crippen LogP contribution is -2.12. The fourth-order valence-corrected chi connectivity index (χ4v) is 2.77. The first-order valence-electron chi connectivity index (χ1n) is 7.24. The molecule has 1 aliphatic heterocycles. The molecule has 0 aliphatic carbocycles. The van der Waals surface area contributed by atoms with Crippen LogP contribution in [0.1, 0.15) is 11.6 Å². The van der Waals surface area contributed by atoms with Crippen molar-refractivity contribution in [2.24, 2.45) is 0 Å². The maximum Gasteiger partial charge on any atom is 0.270 e. The van der Waals surface area contributed by atoms with Crippen LogP contribution in [0.2, 0.25) is 0 Å². The number of hydrogen-bond acceptors (Lipinski definition) is 5. The zero-order valence-electron chi connectivity index (χ0n) is 12.1. The fraction of sp³-hybridized carbons (Fsp3) is 0.118. The number of aromatic nitrogens is 1. The van der Waals surface area contributed by atoms with Crippen LogP contribution in [0.15, 0.2) is 54.6 Å². The van der Waals surface area contributed by atoms with E-state index in [0.29, 0.717) is 12.1 Å². The van der Waals surface area contributed by atoms with Gasteiger partial charge in [-0.1, -0.05) is 18.2 Å². The molecule has 1 unspecified atom stereocenters. The maximum atomic E-state index is 10.8. The second-order valence-corrected chi connectivity index (χ2v) is 5.38. The number of rotatable bonds is 3. The van der Waals surface area contributed by atoms with E-state index in [9.17, 15) is 10.1 Å². The molecular weight excluding hydrogens is 294 g/mol. The van der Waals surface area contributed by atoms with Crippen LogP contribution in [0.4, 0.5) is 11.5 Å². The third-order valence-corrected chi connectivity index (χ3v) is 3.91. The van der Waals surface area contributed by atoms with E-state index < -0.39 is 4.92 Å². The minimum absolute atomic E-state index is 0.0502. The van der Waals surface area contributed by atoms with Gasteiger partial charge < -0.3 is 10.1 Å². The van der Waals surface area contributed by atoms with E-state index >= 15 is 0 Å². The van der Waals surface area contributed by atoms with Gasteiger partial charge in [-0.25, -0.2) is 4.98 Å². The van der Waals surface area contributed by atoms with E-state index in [1.54, 1.807) is 6.07 Å². The first-order chi connectivity index (χ1) is 11.2. The predicted molar refractivity (Wildman–Crippen MR) is 86.7 cm³/mol. The topological polar surface area (TPSA) is 77.3 Å². The standard InChI is InChI=1S/C17H13N3O3/c21-20(22)12-6-7-14-11(9-12)5-8-17(18-14)19-15-10-23-16-4-2-1-3-13(15)16/h1-9,15H,10H2,(H,18,19). The summed E-state index contributed by atoms with van der Waals surface area (Å²) in [5.41, 5.74) is 1.89. The number of ether oxygens (including phenoxy) is 1. The minimum Gasteiger partial charge on any atom is -0.491 e. The molecule has 1 N–H and O–H groups in total.